The van der Waals surface area contributed by atoms with Gasteiger partial charge >= 0.3 is 0 Å². The molecule has 0 aromatic carbocycles. The monoisotopic (exact) mass is 449 g/mol. The van der Waals surface area contributed by atoms with Gasteiger partial charge in [-0.25, -0.2) is 4.98 Å². The molecule has 1 amide bonds. The normalized spacial score (nSPS) is 23.3. The number of fused-ring (bicyclic) bond motifs is 1. The third kappa shape index (κ3) is 4.08. The van der Waals surface area contributed by atoms with Crippen LogP contribution in [0.25, 0.3) is 0 Å². The summed E-state index contributed by atoms with van der Waals surface area (Å²) in [5.74, 6) is 3.26. The Labute approximate surface area is 195 Å². The maximum absolute atomic E-state index is 13.2. The van der Waals surface area contributed by atoms with E-state index in [-0.39, 0.29) is 11.9 Å². The van der Waals surface area contributed by atoms with Gasteiger partial charge in [-0.1, -0.05) is 19.3 Å². The third-order valence-corrected chi connectivity index (χ3v) is 8.02. The second kappa shape index (κ2) is 8.95. The van der Waals surface area contributed by atoms with E-state index < -0.39 is 0 Å². The number of hydrogen-bond acceptors (Lipinski definition) is 6. The van der Waals surface area contributed by atoms with Gasteiger partial charge in [0.2, 0.25) is 11.9 Å². The molecule has 3 fully saturated rings. The maximum atomic E-state index is 13.2. The Hall–Kier alpha value is -2.64. The zero-order valence-corrected chi connectivity index (χ0v) is 19.5. The van der Waals surface area contributed by atoms with Crippen molar-refractivity contribution in [3.63, 3.8) is 0 Å². The number of nitrogens with one attached hydrogen (secondary N) is 2. The summed E-state index contributed by atoms with van der Waals surface area (Å²) in [5, 5.41) is 11.3. The number of H-pyrrole nitrogens is 1. The molecule has 0 spiro atoms. The number of nitrogens with zero attached hydrogens (tertiary/aromatic N) is 5. The molecule has 8 nitrogen and oxygen atoms in total. The topological polar surface area (TPSA) is 90.0 Å². The van der Waals surface area contributed by atoms with Gasteiger partial charge < -0.3 is 15.1 Å². The highest BCUT2D eigenvalue weighted by Gasteiger charge is 2.37. The second-order valence-electron chi connectivity index (χ2n) is 10.2. The van der Waals surface area contributed by atoms with Gasteiger partial charge in [0.25, 0.3) is 0 Å². The minimum atomic E-state index is -0.126. The number of aryl methyl sites for hydroxylation is 1. The predicted octanol–water partition coefficient (Wildman–Crippen LogP) is 4.07. The van der Waals surface area contributed by atoms with E-state index in [1.165, 1.54) is 43.4 Å². The van der Waals surface area contributed by atoms with Crippen LogP contribution in [0, 0.1) is 0 Å². The van der Waals surface area contributed by atoms with Crippen molar-refractivity contribution in [1.82, 2.24) is 25.1 Å². The van der Waals surface area contributed by atoms with Crippen LogP contribution < -0.4 is 10.2 Å². The Kier molecular flexibility index (Phi) is 5.68. The highest BCUT2D eigenvalue weighted by Crippen LogP contribution is 2.35. The van der Waals surface area contributed by atoms with Crippen molar-refractivity contribution < 1.29 is 4.79 Å². The molecular formula is C25H35N7O. The molecule has 0 radical (unpaired) electrons. The molecule has 2 N–H and O–H groups in total. The molecule has 2 aromatic rings. The molecule has 1 atom stereocenters. The third-order valence-electron chi connectivity index (χ3n) is 8.02. The summed E-state index contributed by atoms with van der Waals surface area (Å²) in [7, 11) is 0. The average Bonchev–Trinajstić information content (AvgIpc) is 3.65. The van der Waals surface area contributed by atoms with E-state index >= 15 is 0 Å². The van der Waals surface area contributed by atoms with Crippen molar-refractivity contribution in [2.45, 2.75) is 89.0 Å². The van der Waals surface area contributed by atoms with Gasteiger partial charge in [-0.15, -0.1) is 0 Å². The molecule has 0 bridgehead atoms. The number of amides is 1. The molecule has 4 heterocycles. The van der Waals surface area contributed by atoms with E-state index in [1.807, 2.05) is 4.90 Å². The van der Waals surface area contributed by atoms with Crippen molar-refractivity contribution >= 4 is 23.5 Å². The highest BCUT2D eigenvalue weighted by atomic mass is 16.2. The molecule has 0 unspecified atom stereocenters. The number of carbonyl (C=O) groups excluding carboxylic acids is 1. The molecule has 176 valence electrons. The van der Waals surface area contributed by atoms with Crippen LogP contribution >= 0.6 is 0 Å². The molecule has 2 aromatic heterocycles. The minimum absolute atomic E-state index is 0.126. The first-order valence-corrected chi connectivity index (χ1v) is 13.0. The lowest BCUT2D eigenvalue weighted by Gasteiger charge is -2.28. The molecule has 2 aliphatic heterocycles. The van der Waals surface area contributed by atoms with Gasteiger partial charge in [0, 0.05) is 42.9 Å². The first-order chi connectivity index (χ1) is 16.3. The Bertz CT molecular complexity index is 1010. The standard InChI is InChI=1S/C25H35N7O/c33-24(31-13-4-5-14-31)21-12-7-15-32(21)25-26-19-11-6-10-18(19)23(28-25)27-22-16-20(29-30-22)17-8-2-1-3-9-17/h16-17,21H,1-15H2,(H2,26,27,28,29,30)/t21-/m1/s1. The summed E-state index contributed by atoms with van der Waals surface area (Å²) in [6, 6.07) is 2.04. The Balaban J connectivity index is 1.25. The maximum Gasteiger partial charge on any atom is 0.245 e. The van der Waals surface area contributed by atoms with Crippen LogP contribution in [0.2, 0.25) is 0 Å². The fraction of sp³-hybridized carbons (Fsp3) is 0.680. The summed E-state index contributed by atoms with van der Waals surface area (Å²) in [6.45, 7) is 2.63. The van der Waals surface area contributed by atoms with Gasteiger partial charge in [-0.05, 0) is 57.8 Å². The van der Waals surface area contributed by atoms with Gasteiger partial charge in [-0.3, -0.25) is 9.89 Å². The number of aromatic nitrogens is 4. The van der Waals surface area contributed by atoms with Crippen LogP contribution in [-0.2, 0) is 17.6 Å². The number of likely N-dealkylation sites (tertiary alicyclic amines) is 1. The fourth-order valence-electron chi connectivity index (χ4n) is 6.21. The quantitative estimate of drug-likeness (QED) is 0.715. The molecular weight excluding hydrogens is 414 g/mol. The molecule has 33 heavy (non-hydrogen) atoms. The fourth-order valence-corrected chi connectivity index (χ4v) is 6.21. The summed E-state index contributed by atoms with van der Waals surface area (Å²) >= 11 is 0. The van der Waals surface area contributed by atoms with E-state index in [1.54, 1.807) is 0 Å². The van der Waals surface area contributed by atoms with Gasteiger partial charge in [0.05, 0.1) is 5.69 Å². The number of rotatable bonds is 5. The Morgan fingerprint density at radius 1 is 0.939 bits per heavy atom. The van der Waals surface area contributed by atoms with Crippen molar-refractivity contribution in [3.05, 3.63) is 23.0 Å². The lowest BCUT2D eigenvalue weighted by Crippen LogP contribution is -2.45. The van der Waals surface area contributed by atoms with Crippen molar-refractivity contribution in [2.24, 2.45) is 0 Å². The van der Waals surface area contributed by atoms with Crippen LogP contribution in [0.4, 0.5) is 17.6 Å². The van der Waals surface area contributed by atoms with Crippen LogP contribution in [0.1, 0.15) is 87.1 Å². The molecule has 4 aliphatic rings. The SMILES string of the molecule is O=C([C@H]1CCCN1c1nc2c(c(Nc3cc(C4CCCCC4)[nH]n3)n1)CCC2)N1CCCC1. The zero-order valence-electron chi connectivity index (χ0n) is 19.5. The Morgan fingerprint density at radius 3 is 2.64 bits per heavy atom. The molecule has 2 aliphatic carbocycles. The van der Waals surface area contributed by atoms with Gasteiger partial charge in [0.1, 0.15) is 11.9 Å². The van der Waals surface area contributed by atoms with E-state index in [0.29, 0.717) is 11.9 Å². The smallest absolute Gasteiger partial charge is 0.245 e. The van der Waals surface area contributed by atoms with Crippen LogP contribution in [-0.4, -0.2) is 56.6 Å². The average molecular weight is 450 g/mol. The van der Waals surface area contributed by atoms with E-state index in [2.05, 4.69) is 26.5 Å². The lowest BCUT2D eigenvalue weighted by molar-refractivity contribution is -0.131. The zero-order chi connectivity index (χ0) is 22.2. The Morgan fingerprint density at radius 2 is 1.79 bits per heavy atom. The van der Waals surface area contributed by atoms with E-state index in [4.69, 9.17) is 9.97 Å². The molecule has 6 rings (SSSR count). The predicted molar refractivity (Wildman–Crippen MR) is 128 cm³/mol. The van der Waals surface area contributed by atoms with Gasteiger partial charge in [0.15, 0.2) is 5.82 Å². The summed E-state index contributed by atoms with van der Waals surface area (Å²) in [4.78, 5) is 27.3. The number of anilines is 3. The van der Waals surface area contributed by atoms with Crippen molar-refractivity contribution in [1.29, 1.82) is 0 Å². The van der Waals surface area contributed by atoms with E-state index in [0.717, 1.165) is 81.9 Å². The van der Waals surface area contributed by atoms with E-state index in [9.17, 15) is 4.79 Å². The van der Waals surface area contributed by atoms with Crippen molar-refractivity contribution in [3.8, 4) is 0 Å². The first kappa shape index (κ1) is 20.9. The van der Waals surface area contributed by atoms with Gasteiger partial charge in [-0.2, -0.15) is 10.1 Å². The first-order valence-electron chi connectivity index (χ1n) is 13.0. The summed E-state index contributed by atoms with van der Waals surface area (Å²) in [6.07, 6.45) is 13.7. The van der Waals surface area contributed by atoms with Crippen molar-refractivity contribution in [2.75, 3.05) is 29.9 Å². The summed E-state index contributed by atoms with van der Waals surface area (Å²) in [5.41, 5.74) is 3.58. The van der Waals surface area contributed by atoms with Crippen LogP contribution in [0.15, 0.2) is 6.07 Å². The lowest BCUT2D eigenvalue weighted by atomic mass is 9.87. The summed E-state index contributed by atoms with van der Waals surface area (Å²) < 4.78 is 0. The highest BCUT2D eigenvalue weighted by molar-refractivity contribution is 5.85. The molecule has 2 saturated heterocycles. The van der Waals surface area contributed by atoms with Crippen LogP contribution in [0.3, 0.4) is 0 Å². The largest absolute Gasteiger partial charge is 0.341 e. The number of aromatic amines is 1. The second-order valence-corrected chi connectivity index (χ2v) is 10.2. The molecule has 1 saturated carbocycles. The van der Waals surface area contributed by atoms with Crippen LogP contribution in [0.5, 0.6) is 0 Å². The minimum Gasteiger partial charge on any atom is -0.341 e. The molecule has 8 heteroatoms. The number of hydrogen-bond donors (Lipinski definition) is 2. The number of carbonyl (C=O) groups is 1.